The van der Waals surface area contributed by atoms with Crippen LogP contribution in [0.3, 0.4) is 0 Å². The summed E-state index contributed by atoms with van der Waals surface area (Å²) in [5.74, 6) is -0.560. The Morgan fingerprint density at radius 3 is 2.87 bits per heavy atom. The van der Waals surface area contributed by atoms with Crippen molar-refractivity contribution in [2.75, 3.05) is 33.1 Å². The smallest absolute Gasteiger partial charge is 0.271 e. The van der Waals surface area contributed by atoms with Gasteiger partial charge in [0.2, 0.25) is 10.0 Å². The zero-order chi connectivity index (χ0) is 17.0. The third-order valence-corrected chi connectivity index (χ3v) is 6.61. The number of aromatic nitrogens is 1. The van der Waals surface area contributed by atoms with Gasteiger partial charge in [0, 0.05) is 25.4 Å². The number of nitrogens with one attached hydrogen (secondary N) is 1. The molecule has 1 saturated heterocycles. The van der Waals surface area contributed by atoms with Crippen molar-refractivity contribution in [3.63, 3.8) is 0 Å². The average molecular weight is 361 g/mol. The molecule has 1 fully saturated rings. The second kappa shape index (κ2) is 7.69. The van der Waals surface area contributed by atoms with E-state index in [2.05, 4.69) is 17.2 Å². The first-order chi connectivity index (χ1) is 10.8. The molecule has 1 aliphatic rings. The number of carbonyl (C=O) groups is 1. The van der Waals surface area contributed by atoms with Gasteiger partial charge in [0.1, 0.15) is 5.69 Å². The predicted molar refractivity (Wildman–Crippen MR) is 89.1 cm³/mol. The topological polar surface area (TPSA) is 88.6 Å². The Kier molecular flexibility index (Phi) is 6.12. The minimum absolute atomic E-state index is 0.0386. The molecule has 1 aromatic heterocycles. The molecular formula is C14H23N3O4S2. The van der Waals surface area contributed by atoms with Crippen molar-refractivity contribution in [3.8, 4) is 0 Å². The van der Waals surface area contributed by atoms with Crippen molar-refractivity contribution in [1.29, 1.82) is 0 Å². The van der Waals surface area contributed by atoms with Crippen LogP contribution in [-0.4, -0.2) is 62.7 Å². The first-order valence-corrected chi connectivity index (χ1v) is 10.1. The van der Waals surface area contributed by atoms with Crippen molar-refractivity contribution in [2.45, 2.75) is 25.8 Å². The van der Waals surface area contributed by atoms with Crippen LogP contribution in [0.5, 0.6) is 0 Å². The summed E-state index contributed by atoms with van der Waals surface area (Å²) in [6.45, 7) is 2.72. The van der Waals surface area contributed by atoms with E-state index in [-0.39, 0.29) is 23.6 Å². The summed E-state index contributed by atoms with van der Waals surface area (Å²) in [5.41, 5.74) is 0.388. The Hall–Kier alpha value is -1.03. The van der Waals surface area contributed by atoms with Crippen LogP contribution in [0.25, 0.3) is 0 Å². The van der Waals surface area contributed by atoms with Crippen LogP contribution in [0.2, 0.25) is 0 Å². The first-order valence-electron chi connectivity index (χ1n) is 7.56. The molecule has 0 aliphatic carbocycles. The lowest BCUT2D eigenvalue weighted by atomic mass is 10.1. The molecule has 1 aliphatic heterocycles. The SMILES string of the molecule is CCCc1nc(C(=O)N[C@H]2COC[C@H]2CS(=O)(=O)N(C)C)cs1. The van der Waals surface area contributed by atoms with E-state index in [1.165, 1.54) is 29.7 Å². The van der Waals surface area contributed by atoms with Gasteiger partial charge in [-0.1, -0.05) is 6.92 Å². The quantitative estimate of drug-likeness (QED) is 0.773. The summed E-state index contributed by atoms with van der Waals surface area (Å²) in [7, 11) is -0.323. The van der Waals surface area contributed by atoms with Crippen molar-refractivity contribution in [3.05, 3.63) is 16.1 Å². The Morgan fingerprint density at radius 2 is 2.22 bits per heavy atom. The molecule has 7 nitrogen and oxygen atoms in total. The Labute approximate surface area is 141 Å². The van der Waals surface area contributed by atoms with E-state index in [1.807, 2.05) is 0 Å². The lowest BCUT2D eigenvalue weighted by Crippen LogP contribution is -2.43. The minimum Gasteiger partial charge on any atom is -0.379 e. The van der Waals surface area contributed by atoms with Crippen LogP contribution in [-0.2, 0) is 21.2 Å². The lowest BCUT2D eigenvalue weighted by molar-refractivity contribution is 0.0921. The van der Waals surface area contributed by atoms with Crippen molar-refractivity contribution in [2.24, 2.45) is 5.92 Å². The van der Waals surface area contributed by atoms with Crippen molar-refractivity contribution in [1.82, 2.24) is 14.6 Å². The second-order valence-corrected chi connectivity index (χ2v) is 8.99. The summed E-state index contributed by atoms with van der Waals surface area (Å²) in [4.78, 5) is 16.6. The van der Waals surface area contributed by atoms with Gasteiger partial charge in [0.05, 0.1) is 30.0 Å². The van der Waals surface area contributed by atoms with E-state index < -0.39 is 10.0 Å². The van der Waals surface area contributed by atoms with E-state index in [0.29, 0.717) is 18.9 Å². The number of rotatable bonds is 7. The minimum atomic E-state index is -3.33. The zero-order valence-corrected chi connectivity index (χ0v) is 15.2. The molecule has 0 unspecified atom stereocenters. The highest BCUT2D eigenvalue weighted by Crippen LogP contribution is 2.18. The molecule has 0 saturated carbocycles. The Bertz CT molecular complexity index is 642. The van der Waals surface area contributed by atoms with Gasteiger partial charge in [0.25, 0.3) is 5.91 Å². The Balaban J connectivity index is 1.99. The third-order valence-electron chi connectivity index (χ3n) is 3.74. The second-order valence-electron chi connectivity index (χ2n) is 5.81. The third kappa shape index (κ3) is 4.72. The van der Waals surface area contributed by atoms with Gasteiger partial charge >= 0.3 is 0 Å². The number of hydrogen-bond acceptors (Lipinski definition) is 6. The summed E-state index contributed by atoms with van der Waals surface area (Å²) < 4.78 is 30.6. The van der Waals surface area contributed by atoms with E-state index in [1.54, 1.807) is 5.38 Å². The molecule has 2 rings (SSSR count). The van der Waals surface area contributed by atoms with Crippen LogP contribution in [0, 0.1) is 5.92 Å². The molecule has 0 bridgehead atoms. The van der Waals surface area contributed by atoms with Gasteiger partial charge in [-0.05, 0) is 12.8 Å². The molecule has 0 radical (unpaired) electrons. The van der Waals surface area contributed by atoms with Crippen LogP contribution in [0.15, 0.2) is 5.38 Å². The molecule has 2 atom stereocenters. The predicted octanol–water partition coefficient (Wildman–Crippen LogP) is 0.732. The van der Waals surface area contributed by atoms with Gasteiger partial charge in [-0.15, -0.1) is 11.3 Å². The number of hydrogen-bond donors (Lipinski definition) is 1. The average Bonchev–Trinajstić information content (AvgIpc) is 3.09. The summed E-state index contributed by atoms with van der Waals surface area (Å²) in [5, 5.41) is 5.53. The van der Waals surface area contributed by atoms with Gasteiger partial charge < -0.3 is 10.1 Å². The highest BCUT2D eigenvalue weighted by atomic mass is 32.2. The Morgan fingerprint density at radius 1 is 1.48 bits per heavy atom. The van der Waals surface area contributed by atoms with E-state index in [0.717, 1.165) is 17.8 Å². The van der Waals surface area contributed by atoms with Crippen LogP contribution in [0.1, 0.15) is 28.8 Å². The number of nitrogens with zero attached hydrogens (tertiary/aromatic N) is 2. The molecule has 1 amide bonds. The zero-order valence-electron chi connectivity index (χ0n) is 13.6. The maximum Gasteiger partial charge on any atom is 0.271 e. The number of thiazole rings is 1. The van der Waals surface area contributed by atoms with Gasteiger partial charge in [-0.2, -0.15) is 0 Å². The molecule has 2 heterocycles. The maximum absolute atomic E-state index is 12.3. The summed E-state index contributed by atoms with van der Waals surface area (Å²) in [6, 6.07) is -0.312. The molecule has 1 aromatic rings. The molecule has 1 N–H and O–H groups in total. The molecule has 130 valence electrons. The number of amides is 1. The van der Waals surface area contributed by atoms with Gasteiger partial charge in [-0.25, -0.2) is 17.7 Å². The fourth-order valence-electron chi connectivity index (χ4n) is 2.33. The number of aryl methyl sites for hydroxylation is 1. The molecule has 23 heavy (non-hydrogen) atoms. The largest absolute Gasteiger partial charge is 0.379 e. The molecule has 0 aromatic carbocycles. The van der Waals surface area contributed by atoms with Crippen molar-refractivity contribution < 1.29 is 17.9 Å². The molecule has 0 spiro atoms. The number of sulfonamides is 1. The normalized spacial score (nSPS) is 21.7. The van der Waals surface area contributed by atoms with Crippen molar-refractivity contribution >= 4 is 27.3 Å². The van der Waals surface area contributed by atoms with E-state index in [4.69, 9.17) is 4.74 Å². The standard InChI is InChI=1S/C14H23N3O4S2/c1-4-5-13-15-12(8-22-13)14(18)16-11-7-21-6-10(11)9-23(19,20)17(2)3/h8,10-11H,4-7,9H2,1-3H3,(H,16,18)/t10-,11-/m0/s1. The van der Waals surface area contributed by atoms with Crippen LogP contribution < -0.4 is 5.32 Å². The van der Waals surface area contributed by atoms with Gasteiger partial charge in [-0.3, -0.25) is 4.79 Å². The number of ether oxygens (including phenoxy) is 1. The fraction of sp³-hybridized carbons (Fsp3) is 0.714. The lowest BCUT2D eigenvalue weighted by Gasteiger charge is -2.20. The fourth-order valence-corrected chi connectivity index (χ4v) is 4.38. The first kappa shape index (κ1) is 18.3. The highest BCUT2D eigenvalue weighted by Gasteiger charge is 2.34. The van der Waals surface area contributed by atoms with E-state index >= 15 is 0 Å². The number of carbonyl (C=O) groups excluding carboxylic acids is 1. The summed E-state index contributed by atoms with van der Waals surface area (Å²) in [6.07, 6.45) is 1.84. The van der Waals surface area contributed by atoms with E-state index in [9.17, 15) is 13.2 Å². The highest BCUT2D eigenvalue weighted by molar-refractivity contribution is 7.89. The maximum atomic E-state index is 12.3. The molecular weight excluding hydrogens is 338 g/mol. The molecule has 9 heteroatoms. The van der Waals surface area contributed by atoms with Crippen LogP contribution >= 0.6 is 11.3 Å². The summed E-state index contributed by atoms with van der Waals surface area (Å²) >= 11 is 1.47. The monoisotopic (exact) mass is 361 g/mol. The van der Waals surface area contributed by atoms with Gasteiger partial charge in [0.15, 0.2) is 0 Å². The van der Waals surface area contributed by atoms with Crippen LogP contribution in [0.4, 0.5) is 0 Å².